The molecule has 0 spiro atoms. The van der Waals surface area contributed by atoms with Crippen LogP contribution in [0.4, 0.5) is 4.79 Å². The van der Waals surface area contributed by atoms with Crippen molar-refractivity contribution in [2.24, 2.45) is 0 Å². The van der Waals surface area contributed by atoms with Crippen LogP contribution in [0.15, 0.2) is 24.3 Å². The smallest absolute Gasteiger partial charge is 0.407 e. The molecule has 0 fully saturated rings. The van der Waals surface area contributed by atoms with Crippen molar-refractivity contribution < 1.29 is 38.9 Å². The van der Waals surface area contributed by atoms with E-state index in [4.69, 9.17) is 19.7 Å². The van der Waals surface area contributed by atoms with E-state index in [0.717, 1.165) is 19.3 Å². The van der Waals surface area contributed by atoms with Gasteiger partial charge in [-0.15, -0.1) is 0 Å². The van der Waals surface area contributed by atoms with E-state index in [1.54, 1.807) is 45.0 Å². The second kappa shape index (κ2) is 12.4. The average molecular weight is 438 g/mol. The standard InChI is InChI=1S/C21H30N2O8/c1-21(2,3)31-20(29)22-11-5-4-6-12-30-15-9-7-14(8-10-15)13-16(18(25)26)23-17(24)19(27)28/h7-10,16H,4-6,11-13H2,1-3H3,(H,22,29)(H,23,24)(H,25,26)(H,27,28). The highest BCUT2D eigenvalue weighted by Gasteiger charge is 2.23. The highest BCUT2D eigenvalue weighted by atomic mass is 16.6. The minimum Gasteiger partial charge on any atom is -0.494 e. The SMILES string of the molecule is CC(C)(C)OC(=O)NCCCCCOc1ccc(CC(NC(=O)C(=O)O)C(=O)O)cc1. The van der Waals surface area contributed by atoms with Crippen LogP contribution in [0, 0.1) is 0 Å². The van der Waals surface area contributed by atoms with Gasteiger partial charge in [0.15, 0.2) is 0 Å². The molecule has 1 rings (SSSR count). The fraction of sp³-hybridized carbons (Fsp3) is 0.524. The van der Waals surface area contributed by atoms with Crippen molar-refractivity contribution in [3.05, 3.63) is 29.8 Å². The molecule has 1 atom stereocenters. The maximum Gasteiger partial charge on any atom is 0.407 e. The van der Waals surface area contributed by atoms with Crippen molar-refractivity contribution >= 4 is 23.9 Å². The van der Waals surface area contributed by atoms with Crippen molar-refractivity contribution in [3.63, 3.8) is 0 Å². The summed E-state index contributed by atoms with van der Waals surface area (Å²) in [7, 11) is 0. The van der Waals surface area contributed by atoms with Gasteiger partial charge >= 0.3 is 23.9 Å². The summed E-state index contributed by atoms with van der Waals surface area (Å²) in [5.41, 5.74) is 0.0904. The first kappa shape index (κ1) is 25.7. The lowest BCUT2D eigenvalue weighted by atomic mass is 10.1. The van der Waals surface area contributed by atoms with Crippen LogP contribution in [0.1, 0.15) is 45.6 Å². The number of aliphatic carboxylic acids is 2. The van der Waals surface area contributed by atoms with Crippen LogP contribution in [0.2, 0.25) is 0 Å². The first-order valence-corrected chi connectivity index (χ1v) is 9.93. The molecular formula is C21H30N2O8. The number of nitrogens with one attached hydrogen (secondary N) is 2. The van der Waals surface area contributed by atoms with E-state index in [-0.39, 0.29) is 6.42 Å². The molecular weight excluding hydrogens is 408 g/mol. The highest BCUT2D eigenvalue weighted by molar-refractivity contribution is 6.31. The van der Waals surface area contributed by atoms with Crippen molar-refractivity contribution in [2.45, 2.75) is 58.1 Å². The summed E-state index contributed by atoms with van der Waals surface area (Å²) in [6, 6.07) is 5.32. The number of carboxylic acids is 2. The number of rotatable bonds is 11. The molecule has 0 radical (unpaired) electrons. The Hall–Kier alpha value is -3.30. The molecule has 0 saturated carbocycles. The zero-order chi connectivity index (χ0) is 23.4. The van der Waals surface area contributed by atoms with Gasteiger partial charge in [0.1, 0.15) is 17.4 Å². The fourth-order valence-electron chi connectivity index (χ4n) is 2.48. The molecule has 1 aromatic carbocycles. The van der Waals surface area contributed by atoms with Crippen LogP contribution in [-0.2, 0) is 25.5 Å². The summed E-state index contributed by atoms with van der Waals surface area (Å²) < 4.78 is 10.8. The van der Waals surface area contributed by atoms with Gasteiger partial charge in [-0.05, 0) is 57.7 Å². The summed E-state index contributed by atoms with van der Waals surface area (Å²) >= 11 is 0. The molecule has 2 amide bonds. The minimum atomic E-state index is -1.74. The number of benzene rings is 1. The number of carbonyl (C=O) groups excluding carboxylic acids is 2. The van der Waals surface area contributed by atoms with Crippen molar-refractivity contribution in [1.82, 2.24) is 10.6 Å². The molecule has 172 valence electrons. The van der Waals surface area contributed by atoms with E-state index in [1.807, 2.05) is 5.32 Å². The Morgan fingerprint density at radius 1 is 1.00 bits per heavy atom. The van der Waals surface area contributed by atoms with Crippen LogP contribution in [0.25, 0.3) is 0 Å². The quantitative estimate of drug-likeness (QED) is 0.302. The monoisotopic (exact) mass is 438 g/mol. The van der Waals surface area contributed by atoms with Gasteiger partial charge in [-0.3, -0.25) is 4.79 Å². The van der Waals surface area contributed by atoms with Gasteiger partial charge in [-0.25, -0.2) is 14.4 Å². The molecule has 0 aliphatic rings. The van der Waals surface area contributed by atoms with E-state index < -0.39 is 35.6 Å². The molecule has 1 aromatic rings. The van der Waals surface area contributed by atoms with E-state index in [2.05, 4.69) is 5.32 Å². The molecule has 0 saturated heterocycles. The zero-order valence-corrected chi connectivity index (χ0v) is 18.0. The third-order valence-electron chi connectivity index (χ3n) is 3.92. The number of alkyl carbamates (subject to hydrolysis) is 1. The highest BCUT2D eigenvalue weighted by Crippen LogP contribution is 2.14. The third-order valence-corrected chi connectivity index (χ3v) is 3.92. The predicted octanol–water partition coefficient (Wildman–Crippen LogP) is 1.96. The molecule has 10 nitrogen and oxygen atoms in total. The van der Waals surface area contributed by atoms with Crippen LogP contribution in [0.3, 0.4) is 0 Å². The largest absolute Gasteiger partial charge is 0.494 e. The fourth-order valence-corrected chi connectivity index (χ4v) is 2.48. The van der Waals surface area contributed by atoms with Crippen LogP contribution in [0.5, 0.6) is 5.75 Å². The molecule has 0 aliphatic heterocycles. The number of ether oxygens (including phenoxy) is 2. The Bertz CT molecular complexity index is 756. The van der Waals surface area contributed by atoms with E-state index in [9.17, 15) is 19.2 Å². The van der Waals surface area contributed by atoms with Gasteiger partial charge in [0, 0.05) is 13.0 Å². The lowest BCUT2D eigenvalue weighted by Crippen LogP contribution is -2.45. The number of carbonyl (C=O) groups is 4. The Morgan fingerprint density at radius 3 is 2.19 bits per heavy atom. The zero-order valence-electron chi connectivity index (χ0n) is 18.0. The van der Waals surface area contributed by atoms with Crippen molar-refractivity contribution in [2.75, 3.05) is 13.2 Å². The Morgan fingerprint density at radius 2 is 1.65 bits per heavy atom. The summed E-state index contributed by atoms with van der Waals surface area (Å²) in [5.74, 6) is -3.82. The summed E-state index contributed by atoms with van der Waals surface area (Å²) in [5, 5.41) is 22.4. The van der Waals surface area contributed by atoms with Crippen molar-refractivity contribution in [3.8, 4) is 5.75 Å². The topological polar surface area (TPSA) is 151 Å². The lowest BCUT2D eigenvalue weighted by Gasteiger charge is -2.19. The predicted molar refractivity (Wildman–Crippen MR) is 111 cm³/mol. The van der Waals surface area contributed by atoms with Crippen molar-refractivity contribution in [1.29, 1.82) is 0 Å². The number of amides is 2. The molecule has 10 heteroatoms. The van der Waals surface area contributed by atoms with E-state index in [0.29, 0.717) is 24.5 Å². The second-order valence-electron chi connectivity index (χ2n) is 7.86. The lowest BCUT2D eigenvalue weighted by molar-refractivity contribution is -0.152. The van der Waals surface area contributed by atoms with Gasteiger partial charge < -0.3 is 30.3 Å². The summed E-state index contributed by atoms with van der Waals surface area (Å²) in [6.07, 6.45) is 1.95. The van der Waals surface area contributed by atoms with Crippen LogP contribution >= 0.6 is 0 Å². The molecule has 0 heterocycles. The Labute approximate surface area is 180 Å². The van der Waals surface area contributed by atoms with Gasteiger partial charge in [-0.1, -0.05) is 12.1 Å². The average Bonchev–Trinajstić information content (AvgIpc) is 2.66. The normalized spacial score (nSPS) is 11.8. The summed E-state index contributed by atoms with van der Waals surface area (Å²) in [4.78, 5) is 44.5. The van der Waals surface area contributed by atoms with Crippen LogP contribution in [-0.4, -0.2) is 58.9 Å². The number of hydrogen-bond acceptors (Lipinski definition) is 6. The molecule has 31 heavy (non-hydrogen) atoms. The maximum atomic E-state index is 11.5. The molecule has 0 bridgehead atoms. The number of carboxylic acid groups (broad SMARTS) is 2. The molecule has 4 N–H and O–H groups in total. The molecule has 1 unspecified atom stereocenters. The molecule has 0 aliphatic carbocycles. The summed E-state index contributed by atoms with van der Waals surface area (Å²) in [6.45, 7) is 6.42. The van der Waals surface area contributed by atoms with Crippen LogP contribution < -0.4 is 15.4 Å². The van der Waals surface area contributed by atoms with Gasteiger partial charge in [-0.2, -0.15) is 0 Å². The number of unbranched alkanes of at least 4 members (excludes halogenated alkanes) is 2. The second-order valence-corrected chi connectivity index (χ2v) is 7.86. The Kier molecular flexibility index (Phi) is 10.3. The van der Waals surface area contributed by atoms with Gasteiger partial charge in [0.05, 0.1) is 6.61 Å². The minimum absolute atomic E-state index is 0.0563. The Balaban J connectivity index is 2.30. The first-order valence-electron chi connectivity index (χ1n) is 9.93. The third kappa shape index (κ3) is 11.5. The van der Waals surface area contributed by atoms with E-state index in [1.165, 1.54) is 0 Å². The first-order chi connectivity index (χ1) is 14.5. The van der Waals surface area contributed by atoms with Gasteiger partial charge in [0.25, 0.3) is 0 Å². The number of hydrogen-bond donors (Lipinski definition) is 4. The molecule has 0 aromatic heterocycles. The van der Waals surface area contributed by atoms with E-state index >= 15 is 0 Å². The maximum absolute atomic E-state index is 11.5. The van der Waals surface area contributed by atoms with Gasteiger partial charge in [0.2, 0.25) is 0 Å².